The molecule has 0 aromatic heterocycles. The summed E-state index contributed by atoms with van der Waals surface area (Å²) < 4.78 is 42.7. The first-order chi connectivity index (χ1) is 29.6. The number of fused-ring (bicyclic) bond motifs is 4. The topological polar surface area (TPSA) is 261 Å². The Bertz CT molecular complexity index is 1750. The van der Waals surface area contributed by atoms with E-state index >= 15 is 0 Å². The number of rotatable bonds is 8. The van der Waals surface area contributed by atoms with Crippen LogP contribution in [0.3, 0.4) is 0 Å². The average Bonchev–Trinajstić information content (AvgIpc) is 3.52. The number of aliphatic hydroxyl groups is 8. The summed E-state index contributed by atoms with van der Waals surface area (Å²) in [4.78, 5) is 26.9. The molecule has 9 rings (SSSR count). The molecule has 2 bridgehead atoms. The van der Waals surface area contributed by atoms with Gasteiger partial charge >= 0.3 is 0 Å². The van der Waals surface area contributed by atoms with E-state index < -0.39 is 115 Å². The van der Waals surface area contributed by atoms with Crippen molar-refractivity contribution in [1.82, 2.24) is 0 Å². The molecule has 4 saturated heterocycles. The largest absolute Gasteiger partial charge is 0.394 e. The molecule has 5 aliphatic carbocycles. The number of hydrogen-bond donors (Lipinski definition) is 8. The number of carbonyl (C=O) groups is 2. The van der Waals surface area contributed by atoms with Gasteiger partial charge in [0, 0.05) is 23.2 Å². The van der Waals surface area contributed by atoms with Crippen molar-refractivity contribution >= 4 is 12.1 Å². The zero-order valence-corrected chi connectivity index (χ0v) is 37.5. The molecule has 358 valence electrons. The number of aldehydes is 1. The Morgan fingerprint density at radius 2 is 1.38 bits per heavy atom. The Kier molecular flexibility index (Phi) is 11.8. The molecule has 0 amide bonds. The molecule has 0 radical (unpaired) electrons. The molecule has 23 atom stereocenters. The quantitative estimate of drug-likeness (QED) is 0.122. The maximum Gasteiger partial charge on any atom is 0.187 e. The van der Waals surface area contributed by atoms with E-state index in [0.29, 0.717) is 37.6 Å². The highest BCUT2D eigenvalue weighted by molar-refractivity contribution is 5.89. The monoisotopic (exact) mass is 896 g/mol. The zero-order chi connectivity index (χ0) is 45.4. The second-order valence-corrected chi connectivity index (χ2v) is 22.8. The lowest BCUT2D eigenvalue weighted by molar-refractivity contribution is -0.378. The predicted octanol–water partition coefficient (Wildman–Crippen LogP) is 0.491. The molecule has 0 aromatic carbocycles. The summed E-state index contributed by atoms with van der Waals surface area (Å²) >= 11 is 0. The molecular weight excluding hydrogens is 824 g/mol. The van der Waals surface area contributed by atoms with Crippen LogP contribution < -0.4 is 0 Å². The van der Waals surface area contributed by atoms with Gasteiger partial charge in [-0.25, -0.2) is 0 Å². The van der Waals surface area contributed by atoms with E-state index in [1.165, 1.54) is 0 Å². The van der Waals surface area contributed by atoms with Crippen LogP contribution >= 0.6 is 0 Å². The Hall–Kier alpha value is -1.26. The van der Waals surface area contributed by atoms with E-state index in [0.717, 1.165) is 51.2 Å². The summed E-state index contributed by atoms with van der Waals surface area (Å²) in [5.41, 5.74) is -2.45. The van der Waals surface area contributed by atoms with Gasteiger partial charge in [-0.1, -0.05) is 41.5 Å². The Morgan fingerprint density at radius 3 is 2.10 bits per heavy atom. The molecule has 0 aromatic rings. The van der Waals surface area contributed by atoms with Gasteiger partial charge in [0.15, 0.2) is 18.9 Å². The van der Waals surface area contributed by atoms with Gasteiger partial charge in [-0.05, 0) is 85.9 Å². The van der Waals surface area contributed by atoms with Gasteiger partial charge in [0.25, 0.3) is 0 Å². The highest BCUT2D eigenvalue weighted by Gasteiger charge is 2.80. The fourth-order valence-corrected chi connectivity index (χ4v) is 15.7. The van der Waals surface area contributed by atoms with Gasteiger partial charge in [-0.2, -0.15) is 0 Å². The van der Waals surface area contributed by atoms with Crippen LogP contribution in [-0.4, -0.2) is 171 Å². The van der Waals surface area contributed by atoms with Gasteiger partial charge in [0.05, 0.1) is 43.5 Å². The molecule has 8 N–H and O–H groups in total. The van der Waals surface area contributed by atoms with E-state index in [-0.39, 0.29) is 40.8 Å². The summed E-state index contributed by atoms with van der Waals surface area (Å²) in [6.45, 7) is 12.8. The van der Waals surface area contributed by atoms with Crippen LogP contribution in [-0.2, 0) is 42.7 Å². The highest BCUT2D eigenvalue weighted by Crippen LogP contribution is 2.80. The van der Waals surface area contributed by atoms with Crippen LogP contribution in [0.4, 0.5) is 0 Å². The summed E-state index contributed by atoms with van der Waals surface area (Å²) in [5, 5.41) is 85.1. The van der Waals surface area contributed by atoms with E-state index in [1.807, 2.05) is 0 Å². The molecule has 63 heavy (non-hydrogen) atoms. The number of aliphatic hydroxyl groups excluding tert-OH is 8. The van der Waals surface area contributed by atoms with Gasteiger partial charge in [0.2, 0.25) is 0 Å². The maximum absolute atomic E-state index is 14.5. The fourth-order valence-electron chi connectivity index (χ4n) is 15.7. The minimum absolute atomic E-state index is 0.0317. The minimum Gasteiger partial charge on any atom is -0.394 e. The summed E-state index contributed by atoms with van der Waals surface area (Å²) in [7, 11) is 0. The molecule has 4 heterocycles. The predicted molar refractivity (Wildman–Crippen MR) is 217 cm³/mol. The molecule has 1 spiro atoms. The highest BCUT2D eigenvalue weighted by atomic mass is 16.8. The first kappa shape index (κ1) is 46.8. The van der Waals surface area contributed by atoms with Crippen molar-refractivity contribution in [2.75, 3.05) is 26.4 Å². The zero-order valence-electron chi connectivity index (χ0n) is 37.5. The molecule has 17 heteroatoms. The SMILES string of the molecule is CC1(C=O)CCC23COC4(CCC5C6(C)CCC(OC7OCC(OC8OC(CO)C(O)C(O)C8OC8OCC(O)C(O)C8O)C(O)C7O)C(C)(C)C6CCC5(C)C4(C)CC2=O)C3C1. The van der Waals surface area contributed by atoms with Crippen LogP contribution in [0.15, 0.2) is 0 Å². The number of ketones is 1. The van der Waals surface area contributed by atoms with Crippen molar-refractivity contribution in [3.05, 3.63) is 0 Å². The van der Waals surface area contributed by atoms with Gasteiger partial charge in [0.1, 0.15) is 73.1 Å². The van der Waals surface area contributed by atoms with Gasteiger partial charge < -0.3 is 78.8 Å². The van der Waals surface area contributed by atoms with Crippen LogP contribution in [0.5, 0.6) is 0 Å². The third kappa shape index (κ3) is 6.63. The summed E-state index contributed by atoms with van der Waals surface area (Å²) in [6, 6.07) is 0. The van der Waals surface area contributed by atoms with E-state index in [4.69, 9.17) is 33.2 Å². The van der Waals surface area contributed by atoms with Crippen LogP contribution in [0.1, 0.15) is 106 Å². The number of hydrogen-bond acceptors (Lipinski definition) is 17. The van der Waals surface area contributed by atoms with Crippen molar-refractivity contribution in [3.63, 3.8) is 0 Å². The number of ether oxygens (including phenoxy) is 7. The third-order valence-electron chi connectivity index (χ3n) is 19.6. The Labute approximate surface area is 369 Å². The normalized spacial score (nSPS) is 57.6. The lowest BCUT2D eigenvalue weighted by Gasteiger charge is -2.74. The first-order valence-corrected chi connectivity index (χ1v) is 23.4. The van der Waals surface area contributed by atoms with Crippen molar-refractivity contribution in [3.8, 4) is 0 Å². The number of carbonyl (C=O) groups excluding carboxylic acids is 2. The Balaban J connectivity index is 0.882. The van der Waals surface area contributed by atoms with E-state index in [2.05, 4.69) is 41.5 Å². The molecule has 9 fully saturated rings. The van der Waals surface area contributed by atoms with Crippen molar-refractivity contribution in [2.45, 2.75) is 197 Å². The molecule has 4 aliphatic heterocycles. The third-order valence-corrected chi connectivity index (χ3v) is 19.6. The lowest BCUT2D eigenvalue weighted by atomic mass is 9.30. The molecule has 17 nitrogen and oxygen atoms in total. The fraction of sp³-hybridized carbons (Fsp3) is 0.957. The van der Waals surface area contributed by atoms with Gasteiger partial charge in [-0.3, -0.25) is 4.79 Å². The molecule has 23 unspecified atom stereocenters. The second-order valence-electron chi connectivity index (χ2n) is 22.8. The van der Waals surface area contributed by atoms with Crippen LogP contribution in [0.25, 0.3) is 0 Å². The standard InChI is InChI=1S/C46H72O17/c1-40(2)25-7-11-43(5)26(8-12-46-27-15-41(3,20-48)13-14-45(27,21-59-46)28(50)16-44(43,46)6)42(25,4)10-9-29(40)62-37-35(56)32(53)24(19-58-37)61-39-36(33(54)31(52)23(17-47)60-39)63-38-34(55)30(51)22(49)18-57-38/h20,22-27,29-39,47,49,51-56H,7-19,21H2,1-6H3. The summed E-state index contributed by atoms with van der Waals surface area (Å²) in [6.07, 6.45) is -11.3. The van der Waals surface area contributed by atoms with Crippen molar-refractivity contribution in [1.29, 1.82) is 0 Å². The first-order valence-electron chi connectivity index (χ1n) is 23.4. The van der Waals surface area contributed by atoms with Gasteiger partial charge in [-0.15, -0.1) is 0 Å². The Morgan fingerprint density at radius 1 is 0.698 bits per heavy atom. The second kappa shape index (κ2) is 15.9. The maximum atomic E-state index is 14.5. The molecule has 5 saturated carbocycles. The molecular formula is C46H72O17. The van der Waals surface area contributed by atoms with E-state index in [9.17, 15) is 50.4 Å². The van der Waals surface area contributed by atoms with E-state index in [1.54, 1.807) is 0 Å². The molecule has 9 aliphatic rings. The van der Waals surface area contributed by atoms with Crippen LogP contribution in [0.2, 0.25) is 0 Å². The number of Topliss-reactive ketones (excluding diaryl/α,β-unsaturated/α-hetero) is 1. The van der Waals surface area contributed by atoms with Crippen LogP contribution in [0, 0.1) is 50.2 Å². The minimum atomic E-state index is -1.75. The summed E-state index contributed by atoms with van der Waals surface area (Å²) in [5.74, 6) is 0.898. The average molecular weight is 897 g/mol. The van der Waals surface area contributed by atoms with Crippen molar-refractivity contribution in [2.24, 2.45) is 50.2 Å². The smallest absolute Gasteiger partial charge is 0.187 e. The van der Waals surface area contributed by atoms with Crippen molar-refractivity contribution < 1.29 is 83.6 Å². The lowest BCUT2D eigenvalue weighted by Crippen LogP contribution is -2.73.